The predicted octanol–water partition coefficient (Wildman–Crippen LogP) is 1.91. The van der Waals surface area contributed by atoms with Gasteiger partial charge in [0.25, 0.3) is 5.56 Å². The Kier molecular flexibility index (Phi) is 3.90. The number of aromatic amines is 1. The second-order valence-electron chi connectivity index (χ2n) is 6.32. The quantitative estimate of drug-likeness (QED) is 0.657. The lowest BCUT2D eigenvalue weighted by Crippen LogP contribution is -2.31. The van der Waals surface area contributed by atoms with Crippen molar-refractivity contribution in [2.24, 2.45) is 5.92 Å². The maximum Gasteiger partial charge on any atom is 0.308 e. The second-order valence-corrected chi connectivity index (χ2v) is 6.32. The molecule has 2 atom stereocenters. The molecule has 0 radical (unpaired) electrons. The average molecular weight is 357 g/mol. The molecule has 0 aliphatic heterocycles. The molecule has 1 aliphatic rings. The number of hydrogen-bond donors (Lipinski definition) is 3. The number of carboxylic acids is 1. The van der Waals surface area contributed by atoms with Crippen molar-refractivity contribution in [1.82, 2.24) is 19.7 Å². The standard InChI is InChI=1S/C17H16FN5O3/c18-9-6-11-13(8-20-16(11)19-7-9)23-15(24)5-4-14(22-23)21-12-3-1-2-10(12)17(25)26/h4-8,10,12H,1-3H2,(H,19,20)(H,21,22)(H,25,26). The maximum absolute atomic E-state index is 13.5. The molecule has 0 saturated heterocycles. The van der Waals surface area contributed by atoms with Crippen molar-refractivity contribution in [3.63, 3.8) is 0 Å². The lowest BCUT2D eigenvalue weighted by molar-refractivity contribution is -0.141. The first-order valence-electron chi connectivity index (χ1n) is 8.25. The Bertz CT molecular complexity index is 1040. The van der Waals surface area contributed by atoms with Crippen LogP contribution in [-0.4, -0.2) is 36.9 Å². The zero-order valence-electron chi connectivity index (χ0n) is 13.6. The number of anilines is 1. The molecular weight excluding hydrogens is 341 g/mol. The molecule has 4 rings (SSSR count). The van der Waals surface area contributed by atoms with Crippen LogP contribution in [0.25, 0.3) is 16.7 Å². The zero-order valence-corrected chi connectivity index (χ0v) is 13.6. The minimum Gasteiger partial charge on any atom is -0.481 e. The number of nitrogens with one attached hydrogen (secondary N) is 2. The van der Waals surface area contributed by atoms with Crippen LogP contribution < -0.4 is 10.9 Å². The first-order chi connectivity index (χ1) is 12.5. The first kappa shape index (κ1) is 16.2. The van der Waals surface area contributed by atoms with Gasteiger partial charge >= 0.3 is 5.97 Å². The lowest BCUT2D eigenvalue weighted by Gasteiger charge is -2.18. The Balaban J connectivity index is 1.71. The van der Waals surface area contributed by atoms with E-state index >= 15 is 0 Å². The highest BCUT2D eigenvalue weighted by Gasteiger charge is 2.33. The van der Waals surface area contributed by atoms with Gasteiger partial charge < -0.3 is 15.4 Å². The Morgan fingerprint density at radius 2 is 2.23 bits per heavy atom. The maximum atomic E-state index is 13.5. The van der Waals surface area contributed by atoms with E-state index in [1.165, 1.54) is 24.4 Å². The van der Waals surface area contributed by atoms with E-state index in [0.717, 1.165) is 23.7 Å². The summed E-state index contributed by atoms with van der Waals surface area (Å²) in [6.45, 7) is 0. The number of nitrogens with zero attached hydrogens (tertiary/aromatic N) is 3. The Morgan fingerprint density at radius 1 is 1.38 bits per heavy atom. The van der Waals surface area contributed by atoms with Crippen LogP contribution in [0.5, 0.6) is 0 Å². The van der Waals surface area contributed by atoms with Gasteiger partial charge in [0.1, 0.15) is 17.3 Å². The molecule has 9 heteroatoms. The highest BCUT2D eigenvalue weighted by Crippen LogP contribution is 2.28. The van der Waals surface area contributed by atoms with Crippen LogP contribution >= 0.6 is 0 Å². The summed E-state index contributed by atoms with van der Waals surface area (Å²) in [5.74, 6) is -1.45. The van der Waals surface area contributed by atoms with Crippen molar-refractivity contribution < 1.29 is 14.3 Å². The molecule has 1 saturated carbocycles. The monoisotopic (exact) mass is 357 g/mol. The fourth-order valence-electron chi connectivity index (χ4n) is 3.42. The number of carboxylic acid groups (broad SMARTS) is 1. The highest BCUT2D eigenvalue weighted by molar-refractivity contribution is 5.85. The molecule has 0 bridgehead atoms. The van der Waals surface area contributed by atoms with Gasteiger partial charge in [0.05, 0.1) is 17.8 Å². The summed E-state index contributed by atoms with van der Waals surface area (Å²) in [4.78, 5) is 30.4. The molecule has 0 aromatic carbocycles. The summed E-state index contributed by atoms with van der Waals surface area (Å²) in [6.07, 6.45) is 4.77. The predicted molar refractivity (Wildman–Crippen MR) is 91.8 cm³/mol. The molecule has 2 unspecified atom stereocenters. The van der Waals surface area contributed by atoms with Crippen LogP contribution in [-0.2, 0) is 4.79 Å². The van der Waals surface area contributed by atoms with Crippen LogP contribution in [0.1, 0.15) is 19.3 Å². The summed E-state index contributed by atoms with van der Waals surface area (Å²) in [7, 11) is 0. The lowest BCUT2D eigenvalue weighted by atomic mass is 10.0. The molecule has 26 heavy (non-hydrogen) atoms. The highest BCUT2D eigenvalue weighted by atomic mass is 19.1. The molecule has 0 spiro atoms. The van der Waals surface area contributed by atoms with Crippen LogP contribution in [0.15, 0.2) is 35.4 Å². The van der Waals surface area contributed by atoms with E-state index < -0.39 is 17.7 Å². The van der Waals surface area contributed by atoms with Crippen LogP contribution in [0, 0.1) is 11.7 Å². The summed E-state index contributed by atoms with van der Waals surface area (Å²) >= 11 is 0. The van der Waals surface area contributed by atoms with Gasteiger partial charge in [-0.15, -0.1) is 5.10 Å². The molecule has 3 heterocycles. The van der Waals surface area contributed by atoms with Crippen molar-refractivity contribution in [3.8, 4) is 5.69 Å². The van der Waals surface area contributed by atoms with E-state index in [4.69, 9.17) is 0 Å². The van der Waals surface area contributed by atoms with Gasteiger partial charge in [0.2, 0.25) is 0 Å². The number of carbonyl (C=O) groups is 1. The Morgan fingerprint density at radius 3 is 3.04 bits per heavy atom. The largest absolute Gasteiger partial charge is 0.481 e. The van der Waals surface area contributed by atoms with Crippen molar-refractivity contribution in [1.29, 1.82) is 0 Å². The minimum absolute atomic E-state index is 0.243. The fraction of sp³-hybridized carbons (Fsp3) is 0.294. The fourth-order valence-corrected chi connectivity index (χ4v) is 3.42. The summed E-state index contributed by atoms with van der Waals surface area (Å²) in [5, 5.41) is 17.1. The van der Waals surface area contributed by atoms with E-state index in [0.29, 0.717) is 29.0 Å². The molecule has 3 N–H and O–H groups in total. The third-order valence-corrected chi connectivity index (χ3v) is 4.67. The second kappa shape index (κ2) is 6.25. The van der Waals surface area contributed by atoms with E-state index in [9.17, 15) is 19.1 Å². The molecule has 3 aromatic rings. The van der Waals surface area contributed by atoms with E-state index in [2.05, 4.69) is 20.4 Å². The topological polar surface area (TPSA) is 113 Å². The van der Waals surface area contributed by atoms with Gasteiger partial charge in [0, 0.05) is 23.7 Å². The molecule has 134 valence electrons. The summed E-state index contributed by atoms with van der Waals surface area (Å²) < 4.78 is 14.7. The number of aromatic nitrogens is 4. The van der Waals surface area contributed by atoms with Crippen LogP contribution in [0.3, 0.4) is 0 Å². The average Bonchev–Trinajstić information content (AvgIpc) is 3.23. The zero-order chi connectivity index (χ0) is 18.3. The molecule has 3 aromatic heterocycles. The summed E-state index contributed by atoms with van der Waals surface area (Å²) in [6, 6.07) is 3.89. The normalized spacial score (nSPS) is 19.7. The van der Waals surface area contributed by atoms with Crippen molar-refractivity contribution in [3.05, 3.63) is 46.8 Å². The minimum atomic E-state index is -0.841. The van der Waals surface area contributed by atoms with Gasteiger partial charge in [-0.05, 0) is 25.0 Å². The van der Waals surface area contributed by atoms with Crippen molar-refractivity contribution >= 4 is 22.8 Å². The van der Waals surface area contributed by atoms with Gasteiger partial charge in [-0.25, -0.2) is 9.37 Å². The van der Waals surface area contributed by atoms with Gasteiger partial charge in [0.15, 0.2) is 0 Å². The molecule has 1 fully saturated rings. The third-order valence-electron chi connectivity index (χ3n) is 4.67. The Hall–Kier alpha value is -3.23. The van der Waals surface area contributed by atoms with Crippen LogP contribution in [0.4, 0.5) is 10.2 Å². The molecule has 1 aliphatic carbocycles. The van der Waals surface area contributed by atoms with E-state index in [-0.39, 0.29) is 11.6 Å². The van der Waals surface area contributed by atoms with Crippen molar-refractivity contribution in [2.75, 3.05) is 5.32 Å². The SMILES string of the molecule is O=C(O)C1CCCC1Nc1ccc(=O)n(-c2c[nH]c3ncc(F)cc23)n1. The van der Waals surface area contributed by atoms with Crippen LogP contribution in [0.2, 0.25) is 0 Å². The van der Waals surface area contributed by atoms with Gasteiger partial charge in [-0.3, -0.25) is 9.59 Å². The number of H-pyrrole nitrogens is 1. The Labute approximate surface area is 146 Å². The smallest absolute Gasteiger partial charge is 0.308 e. The molecular formula is C17H16FN5O3. The molecule has 8 nitrogen and oxygen atoms in total. The number of halogens is 1. The number of rotatable bonds is 4. The first-order valence-corrected chi connectivity index (χ1v) is 8.25. The number of hydrogen-bond acceptors (Lipinski definition) is 5. The van der Waals surface area contributed by atoms with Gasteiger partial charge in [-0.1, -0.05) is 6.42 Å². The van der Waals surface area contributed by atoms with Crippen molar-refractivity contribution in [2.45, 2.75) is 25.3 Å². The third kappa shape index (κ3) is 2.81. The number of fused-ring (bicyclic) bond motifs is 1. The van der Waals surface area contributed by atoms with Gasteiger partial charge in [-0.2, -0.15) is 4.68 Å². The number of aliphatic carboxylic acids is 1. The van der Waals surface area contributed by atoms with E-state index in [1.807, 2.05) is 0 Å². The summed E-state index contributed by atoms with van der Waals surface area (Å²) in [5.41, 5.74) is 0.430. The van der Waals surface area contributed by atoms with E-state index in [1.54, 1.807) is 0 Å². The molecule has 0 amide bonds. The number of pyridine rings is 1.